The third-order valence-corrected chi connectivity index (χ3v) is 8.22. The number of alkyl halides is 3. The number of hydrogen-bond acceptors (Lipinski definition) is 10. The molecular formula is C32H28F3N7O4. The summed E-state index contributed by atoms with van der Waals surface area (Å²) in [4.78, 5) is 18.9. The van der Waals surface area contributed by atoms with Gasteiger partial charge in [-0.3, -0.25) is 4.90 Å². The molecule has 0 spiro atoms. The molecule has 46 heavy (non-hydrogen) atoms. The predicted octanol–water partition coefficient (Wildman–Crippen LogP) is 5.42. The van der Waals surface area contributed by atoms with Crippen molar-refractivity contribution < 1.29 is 32.1 Å². The van der Waals surface area contributed by atoms with Gasteiger partial charge in [0.25, 0.3) is 0 Å². The Bertz CT molecular complexity index is 1910. The Morgan fingerprint density at radius 1 is 0.717 bits per heavy atom. The van der Waals surface area contributed by atoms with Crippen molar-refractivity contribution in [1.82, 2.24) is 24.4 Å². The highest BCUT2D eigenvalue weighted by Crippen LogP contribution is 2.37. The van der Waals surface area contributed by atoms with Crippen LogP contribution < -0.4 is 29.2 Å². The van der Waals surface area contributed by atoms with Gasteiger partial charge in [0.05, 0.1) is 18.4 Å². The van der Waals surface area contributed by atoms with E-state index in [9.17, 15) is 13.2 Å². The zero-order valence-corrected chi connectivity index (χ0v) is 24.5. The predicted molar refractivity (Wildman–Crippen MR) is 162 cm³/mol. The lowest BCUT2D eigenvalue weighted by Gasteiger charge is -2.34. The highest BCUT2D eigenvalue weighted by atomic mass is 19.4. The molecule has 3 aliphatic heterocycles. The molecular weight excluding hydrogens is 603 g/mol. The van der Waals surface area contributed by atoms with E-state index in [1.54, 1.807) is 6.33 Å². The molecule has 5 aromatic rings. The minimum atomic E-state index is -4.40. The van der Waals surface area contributed by atoms with Gasteiger partial charge < -0.3 is 33.7 Å². The van der Waals surface area contributed by atoms with Crippen LogP contribution >= 0.6 is 0 Å². The maximum Gasteiger partial charge on any atom is 0.416 e. The summed E-state index contributed by atoms with van der Waals surface area (Å²) in [6, 6.07) is 16.7. The van der Waals surface area contributed by atoms with Crippen LogP contribution in [0.2, 0.25) is 0 Å². The fourth-order valence-corrected chi connectivity index (χ4v) is 5.79. The second-order valence-corrected chi connectivity index (χ2v) is 11.3. The van der Waals surface area contributed by atoms with Crippen LogP contribution in [0, 0.1) is 0 Å². The van der Waals surface area contributed by atoms with Gasteiger partial charge in [0.2, 0.25) is 19.5 Å². The number of anilines is 3. The Hall–Kier alpha value is -5.24. The van der Waals surface area contributed by atoms with E-state index < -0.39 is 11.7 Å². The van der Waals surface area contributed by atoms with Crippen LogP contribution in [0.5, 0.6) is 23.0 Å². The number of nitrogens with zero attached hydrogens (tertiary/aromatic N) is 6. The Labute approximate surface area is 261 Å². The maximum atomic E-state index is 13.1. The van der Waals surface area contributed by atoms with Crippen LogP contribution in [-0.2, 0) is 19.3 Å². The number of nitrogens with one attached hydrogen (secondary N) is 1. The Balaban J connectivity index is 1.06. The molecule has 14 heteroatoms. The van der Waals surface area contributed by atoms with Gasteiger partial charge in [-0.25, -0.2) is 4.98 Å². The van der Waals surface area contributed by atoms with Crippen LogP contribution in [0.4, 0.5) is 30.6 Å². The van der Waals surface area contributed by atoms with Gasteiger partial charge in [-0.1, -0.05) is 18.2 Å². The number of aromatic nitrogens is 4. The number of hydrogen-bond donors (Lipinski definition) is 1. The maximum absolute atomic E-state index is 13.1. The minimum Gasteiger partial charge on any atom is -0.454 e. The summed E-state index contributed by atoms with van der Waals surface area (Å²) >= 11 is 0. The third kappa shape index (κ3) is 5.55. The molecule has 3 aliphatic rings. The molecule has 0 aliphatic carbocycles. The lowest BCUT2D eigenvalue weighted by atomic mass is 10.1. The first kappa shape index (κ1) is 28.2. The lowest BCUT2D eigenvalue weighted by Crippen LogP contribution is -2.46. The molecule has 5 heterocycles. The first-order valence-electron chi connectivity index (χ1n) is 14.8. The minimum absolute atomic E-state index is 0.162. The summed E-state index contributed by atoms with van der Waals surface area (Å²) in [5.41, 5.74) is 2.99. The molecule has 0 unspecified atom stereocenters. The average molecular weight is 632 g/mol. The molecule has 0 atom stereocenters. The molecule has 3 aromatic carbocycles. The SMILES string of the molecule is FC(F)(F)c1ccc(Cn2cnc3c(Nc4ccc5c(c4)OCO5)nc(N4CCN(Cc5ccc6c(c5)OCO6)CC4)nc32)cc1. The fourth-order valence-electron chi connectivity index (χ4n) is 5.79. The fraction of sp³-hybridized carbons (Fsp3) is 0.281. The van der Waals surface area contributed by atoms with Crippen LogP contribution in [0.15, 0.2) is 67.0 Å². The van der Waals surface area contributed by atoms with Crippen molar-refractivity contribution in [3.05, 3.63) is 83.7 Å². The van der Waals surface area contributed by atoms with Crippen LogP contribution in [0.25, 0.3) is 11.2 Å². The van der Waals surface area contributed by atoms with E-state index in [0.717, 1.165) is 54.5 Å². The molecule has 0 bridgehead atoms. The number of imidazole rings is 1. The van der Waals surface area contributed by atoms with Crippen molar-refractivity contribution in [2.75, 3.05) is 50.0 Å². The summed E-state index contributed by atoms with van der Waals surface area (Å²) in [5.74, 6) is 3.87. The van der Waals surface area contributed by atoms with Gasteiger partial charge in [-0.05, 0) is 47.5 Å². The van der Waals surface area contributed by atoms with Crippen molar-refractivity contribution in [1.29, 1.82) is 0 Å². The Morgan fingerprint density at radius 2 is 1.39 bits per heavy atom. The number of rotatable bonds is 7. The Morgan fingerprint density at radius 3 is 2.13 bits per heavy atom. The number of halogens is 3. The van der Waals surface area contributed by atoms with Gasteiger partial charge in [-0.2, -0.15) is 23.1 Å². The van der Waals surface area contributed by atoms with E-state index in [2.05, 4.69) is 26.2 Å². The second-order valence-electron chi connectivity index (χ2n) is 11.3. The van der Waals surface area contributed by atoms with Crippen LogP contribution in [0.1, 0.15) is 16.7 Å². The van der Waals surface area contributed by atoms with E-state index in [4.69, 9.17) is 28.9 Å². The monoisotopic (exact) mass is 631 g/mol. The van der Waals surface area contributed by atoms with E-state index in [-0.39, 0.29) is 20.1 Å². The van der Waals surface area contributed by atoms with Gasteiger partial charge in [-0.15, -0.1) is 0 Å². The third-order valence-electron chi connectivity index (χ3n) is 8.22. The van der Waals surface area contributed by atoms with E-state index in [1.165, 1.54) is 12.1 Å². The van der Waals surface area contributed by atoms with Gasteiger partial charge in [0, 0.05) is 44.5 Å². The molecule has 1 fully saturated rings. The highest BCUT2D eigenvalue weighted by molar-refractivity contribution is 5.87. The standard InChI is InChI=1S/C32H28F3N7O4/c33-32(34,35)22-4-1-20(2-5-22)16-42-17-36-28-29(37-23-6-8-25-27(14-23)46-19-44-25)38-31(39-30(28)42)41-11-9-40(10-12-41)15-21-3-7-24-26(13-21)45-18-43-24/h1-8,13-14,17H,9-12,15-16,18-19H2,(H,37,38,39). The van der Waals surface area contributed by atoms with Crippen LogP contribution in [-0.4, -0.2) is 64.2 Å². The first-order valence-corrected chi connectivity index (χ1v) is 14.8. The smallest absolute Gasteiger partial charge is 0.416 e. The van der Waals surface area contributed by atoms with Crippen molar-refractivity contribution in [2.24, 2.45) is 0 Å². The second kappa shape index (κ2) is 11.3. The van der Waals surface area contributed by atoms with Crippen molar-refractivity contribution in [3.8, 4) is 23.0 Å². The molecule has 2 aromatic heterocycles. The number of piperazine rings is 1. The summed E-state index contributed by atoms with van der Waals surface area (Å²) in [6.45, 7) is 4.47. The van der Waals surface area contributed by atoms with Gasteiger partial charge >= 0.3 is 6.18 Å². The van der Waals surface area contributed by atoms with Crippen molar-refractivity contribution in [2.45, 2.75) is 19.3 Å². The van der Waals surface area contributed by atoms with Gasteiger partial charge in [0.15, 0.2) is 40.0 Å². The largest absolute Gasteiger partial charge is 0.454 e. The molecule has 0 radical (unpaired) electrons. The molecule has 0 saturated carbocycles. The topological polar surface area (TPSA) is 99.0 Å². The van der Waals surface area contributed by atoms with Crippen molar-refractivity contribution >= 4 is 28.6 Å². The summed E-state index contributed by atoms with van der Waals surface area (Å²) in [7, 11) is 0. The zero-order chi connectivity index (χ0) is 31.3. The number of ether oxygens (including phenoxy) is 4. The Kier molecular flexibility index (Phi) is 6.93. The molecule has 8 rings (SSSR count). The molecule has 1 N–H and O–H groups in total. The highest BCUT2D eigenvalue weighted by Gasteiger charge is 2.30. The molecule has 1 saturated heterocycles. The first-order chi connectivity index (χ1) is 22.4. The lowest BCUT2D eigenvalue weighted by molar-refractivity contribution is -0.137. The van der Waals surface area contributed by atoms with Crippen molar-refractivity contribution in [3.63, 3.8) is 0 Å². The normalized spacial score (nSPS) is 15.9. The molecule has 236 valence electrons. The average Bonchev–Trinajstić information content (AvgIpc) is 3.81. The number of fused-ring (bicyclic) bond motifs is 3. The van der Waals surface area contributed by atoms with E-state index in [0.29, 0.717) is 53.1 Å². The summed E-state index contributed by atoms with van der Waals surface area (Å²) < 4.78 is 63.2. The van der Waals surface area contributed by atoms with E-state index in [1.807, 2.05) is 34.9 Å². The summed E-state index contributed by atoms with van der Waals surface area (Å²) in [5, 5.41) is 3.37. The zero-order valence-electron chi connectivity index (χ0n) is 24.5. The molecule has 11 nitrogen and oxygen atoms in total. The quantitative estimate of drug-likeness (QED) is 0.251. The summed E-state index contributed by atoms with van der Waals surface area (Å²) in [6.07, 6.45) is -2.76. The number of benzene rings is 3. The van der Waals surface area contributed by atoms with Gasteiger partial charge in [0.1, 0.15) is 0 Å². The van der Waals surface area contributed by atoms with Crippen LogP contribution in [0.3, 0.4) is 0 Å². The molecule has 0 amide bonds. The van der Waals surface area contributed by atoms with E-state index >= 15 is 0 Å².